The van der Waals surface area contributed by atoms with Crippen molar-refractivity contribution in [2.24, 2.45) is 0 Å². The molecule has 0 spiro atoms. The first-order valence-electron chi connectivity index (χ1n) is 8.50. The Balaban J connectivity index is 2.08. The van der Waals surface area contributed by atoms with E-state index in [-0.39, 0.29) is 11.9 Å². The molecule has 0 aromatic heterocycles. The Morgan fingerprint density at radius 2 is 1.78 bits per heavy atom. The van der Waals surface area contributed by atoms with Gasteiger partial charge in [-0.05, 0) is 46.0 Å². The third kappa shape index (κ3) is 3.54. The number of likely N-dealkylation sites (tertiary alicyclic amines) is 1. The Hall–Kier alpha value is -1.11. The minimum atomic E-state index is -3.51. The molecule has 1 heterocycles. The van der Waals surface area contributed by atoms with Gasteiger partial charge in [0.25, 0.3) is 0 Å². The summed E-state index contributed by atoms with van der Waals surface area (Å²) < 4.78 is 22.9. The molecule has 6 nitrogen and oxygen atoms in total. The maximum absolute atomic E-state index is 12.6. The number of sulfone groups is 1. The van der Waals surface area contributed by atoms with E-state index in [4.69, 9.17) is 0 Å². The highest BCUT2D eigenvalue weighted by atomic mass is 32.2. The molecule has 0 aromatic carbocycles. The van der Waals surface area contributed by atoms with E-state index in [1.165, 1.54) is 0 Å². The molecule has 132 valence electrons. The van der Waals surface area contributed by atoms with Gasteiger partial charge in [-0.2, -0.15) is 0 Å². The van der Waals surface area contributed by atoms with Crippen LogP contribution in [-0.4, -0.2) is 54.8 Å². The number of amides is 2. The maximum Gasteiger partial charge on any atom is 0.245 e. The Morgan fingerprint density at radius 3 is 2.30 bits per heavy atom. The van der Waals surface area contributed by atoms with E-state index < -0.39 is 26.5 Å². The summed E-state index contributed by atoms with van der Waals surface area (Å²) >= 11 is 0. The minimum Gasteiger partial charge on any atom is -0.343 e. The lowest BCUT2D eigenvalue weighted by molar-refractivity contribution is -0.139. The largest absolute Gasteiger partial charge is 0.343 e. The van der Waals surface area contributed by atoms with Crippen molar-refractivity contribution in [2.45, 2.75) is 75.6 Å². The molecular formula is C16H28N2O4S. The third-order valence-corrected chi connectivity index (χ3v) is 7.35. The average molecular weight is 344 g/mol. The highest BCUT2D eigenvalue weighted by Crippen LogP contribution is 2.36. The average Bonchev–Trinajstić information content (AvgIpc) is 2.97. The predicted molar refractivity (Wildman–Crippen MR) is 88.7 cm³/mol. The number of carbonyl (C=O) groups is 2. The van der Waals surface area contributed by atoms with Gasteiger partial charge in [0.1, 0.15) is 10.8 Å². The first-order valence-corrected chi connectivity index (χ1v) is 10.4. The van der Waals surface area contributed by atoms with Crippen molar-refractivity contribution >= 4 is 21.7 Å². The van der Waals surface area contributed by atoms with Crippen LogP contribution in [0.5, 0.6) is 0 Å². The molecule has 0 bridgehead atoms. The maximum atomic E-state index is 12.6. The Bertz CT molecular complexity index is 567. The molecule has 2 atom stereocenters. The molecular weight excluding hydrogens is 316 g/mol. The summed E-state index contributed by atoms with van der Waals surface area (Å²) in [6, 6.07) is -0.520. The highest BCUT2D eigenvalue weighted by Gasteiger charge is 2.50. The van der Waals surface area contributed by atoms with Crippen LogP contribution in [0, 0.1) is 0 Å². The molecule has 0 radical (unpaired) electrons. The van der Waals surface area contributed by atoms with Crippen LogP contribution in [-0.2, 0) is 19.4 Å². The zero-order valence-electron chi connectivity index (χ0n) is 14.3. The van der Waals surface area contributed by atoms with Crippen molar-refractivity contribution in [3.8, 4) is 0 Å². The number of nitrogens with zero attached hydrogens (tertiary/aromatic N) is 1. The van der Waals surface area contributed by atoms with E-state index in [1.54, 1.807) is 11.8 Å². The van der Waals surface area contributed by atoms with Gasteiger partial charge in [-0.15, -0.1) is 0 Å². The summed E-state index contributed by atoms with van der Waals surface area (Å²) in [4.78, 5) is 27.0. The molecule has 0 aromatic rings. The zero-order valence-corrected chi connectivity index (χ0v) is 15.1. The molecule has 23 heavy (non-hydrogen) atoms. The van der Waals surface area contributed by atoms with E-state index in [1.807, 2.05) is 6.92 Å². The SMILES string of the molecule is C[C@H](NC(=O)C1(S(C)(=O)=O)CCCC1)C(=O)N1CCCC[C@@H]1C. The van der Waals surface area contributed by atoms with Crippen molar-refractivity contribution < 1.29 is 18.0 Å². The number of hydrogen-bond donors (Lipinski definition) is 1. The molecule has 2 rings (SSSR count). The van der Waals surface area contributed by atoms with Crippen molar-refractivity contribution in [2.75, 3.05) is 12.8 Å². The van der Waals surface area contributed by atoms with Crippen molar-refractivity contribution in [3.63, 3.8) is 0 Å². The lowest BCUT2D eigenvalue weighted by Gasteiger charge is -2.36. The van der Waals surface area contributed by atoms with Crippen LogP contribution < -0.4 is 5.32 Å². The van der Waals surface area contributed by atoms with E-state index in [2.05, 4.69) is 5.32 Å². The minimum absolute atomic E-state index is 0.118. The summed E-state index contributed by atoms with van der Waals surface area (Å²) in [6.45, 7) is 4.37. The lowest BCUT2D eigenvalue weighted by Crippen LogP contribution is -2.57. The second-order valence-electron chi connectivity index (χ2n) is 7.05. The zero-order chi connectivity index (χ0) is 17.3. The van der Waals surface area contributed by atoms with Gasteiger partial charge in [-0.1, -0.05) is 12.8 Å². The second kappa shape index (κ2) is 6.79. The van der Waals surface area contributed by atoms with Gasteiger partial charge >= 0.3 is 0 Å². The van der Waals surface area contributed by atoms with Gasteiger partial charge in [-0.3, -0.25) is 9.59 Å². The first-order chi connectivity index (χ1) is 10.7. The predicted octanol–water partition coefficient (Wildman–Crippen LogP) is 1.25. The van der Waals surface area contributed by atoms with Crippen LogP contribution in [0.2, 0.25) is 0 Å². The van der Waals surface area contributed by atoms with Crippen molar-refractivity contribution in [1.29, 1.82) is 0 Å². The fourth-order valence-electron chi connectivity index (χ4n) is 3.78. The fraction of sp³-hybridized carbons (Fsp3) is 0.875. The quantitative estimate of drug-likeness (QED) is 0.832. The topological polar surface area (TPSA) is 83.5 Å². The van der Waals surface area contributed by atoms with Gasteiger partial charge < -0.3 is 10.2 Å². The number of rotatable bonds is 4. The number of piperidine rings is 1. The third-order valence-electron chi connectivity index (χ3n) is 5.34. The van der Waals surface area contributed by atoms with Crippen LogP contribution in [0.1, 0.15) is 58.8 Å². The van der Waals surface area contributed by atoms with Crippen LogP contribution in [0.15, 0.2) is 0 Å². The summed E-state index contributed by atoms with van der Waals surface area (Å²) in [5, 5.41) is 2.68. The van der Waals surface area contributed by atoms with Crippen LogP contribution in [0.3, 0.4) is 0 Å². The molecule has 2 fully saturated rings. The molecule has 1 aliphatic heterocycles. The Labute approximate surface area is 138 Å². The first kappa shape index (κ1) is 18.2. The summed E-state index contributed by atoms with van der Waals surface area (Å²) in [7, 11) is -3.51. The van der Waals surface area contributed by atoms with Crippen LogP contribution >= 0.6 is 0 Å². The molecule has 1 aliphatic carbocycles. The van der Waals surface area contributed by atoms with Crippen molar-refractivity contribution in [3.05, 3.63) is 0 Å². The Kier molecular flexibility index (Phi) is 5.38. The standard InChI is InChI=1S/C16H28N2O4S/c1-12-8-4-7-11-18(12)14(19)13(2)17-15(20)16(23(3,21)22)9-5-6-10-16/h12-13H,4-11H2,1-3H3,(H,17,20)/t12-,13-/m0/s1. The monoisotopic (exact) mass is 344 g/mol. The van der Waals surface area contributed by atoms with Gasteiger partial charge in [-0.25, -0.2) is 8.42 Å². The molecule has 1 N–H and O–H groups in total. The van der Waals surface area contributed by atoms with E-state index >= 15 is 0 Å². The van der Waals surface area contributed by atoms with Crippen molar-refractivity contribution in [1.82, 2.24) is 10.2 Å². The van der Waals surface area contributed by atoms with E-state index in [0.717, 1.165) is 38.4 Å². The molecule has 2 amide bonds. The van der Waals surface area contributed by atoms with E-state index in [9.17, 15) is 18.0 Å². The summed E-state index contributed by atoms with van der Waals surface area (Å²) in [6.07, 6.45) is 6.33. The molecule has 1 saturated carbocycles. The normalized spacial score (nSPS) is 25.9. The number of nitrogens with one attached hydrogen (secondary N) is 1. The van der Waals surface area contributed by atoms with Crippen LogP contribution in [0.4, 0.5) is 0 Å². The molecule has 1 saturated heterocycles. The van der Waals surface area contributed by atoms with Gasteiger partial charge in [0, 0.05) is 18.8 Å². The number of hydrogen-bond acceptors (Lipinski definition) is 4. The van der Waals surface area contributed by atoms with E-state index in [0.29, 0.717) is 19.4 Å². The van der Waals surface area contributed by atoms with Gasteiger partial charge in [0.05, 0.1) is 0 Å². The lowest BCUT2D eigenvalue weighted by atomic mass is 10.0. The smallest absolute Gasteiger partial charge is 0.245 e. The molecule has 2 aliphatic rings. The van der Waals surface area contributed by atoms with Crippen LogP contribution in [0.25, 0.3) is 0 Å². The molecule has 0 unspecified atom stereocenters. The summed E-state index contributed by atoms with van der Waals surface area (Å²) in [5.74, 6) is -0.629. The Morgan fingerprint density at radius 1 is 1.17 bits per heavy atom. The fourth-order valence-corrected chi connectivity index (χ4v) is 5.20. The van der Waals surface area contributed by atoms with Gasteiger partial charge in [0.2, 0.25) is 11.8 Å². The highest BCUT2D eigenvalue weighted by molar-refractivity contribution is 7.92. The number of carbonyl (C=O) groups excluding carboxylic acids is 2. The van der Waals surface area contributed by atoms with Gasteiger partial charge in [0.15, 0.2) is 9.84 Å². The molecule has 7 heteroatoms. The second-order valence-corrected chi connectivity index (χ2v) is 9.37. The summed E-state index contributed by atoms with van der Waals surface area (Å²) in [5.41, 5.74) is 0.